The van der Waals surface area contributed by atoms with Crippen molar-refractivity contribution in [3.63, 3.8) is 0 Å². The van der Waals surface area contributed by atoms with Gasteiger partial charge in [-0.3, -0.25) is 9.79 Å². The number of rotatable bonds is 5. The first kappa shape index (κ1) is 13.9. The molecule has 0 radical (unpaired) electrons. The SMILES string of the molecule is C\C=C/C=C(\C=N\COC(=O)OC)C(N)=O. The monoisotopic (exact) mass is 226 g/mol. The maximum Gasteiger partial charge on any atom is 0.509 e. The van der Waals surface area contributed by atoms with Gasteiger partial charge in [-0.05, 0) is 13.0 Å². The van der Waals surface area contributed by atoms with E-state index in [0.717, 1.165) is 0 Å². The Hall–Kier alpha value is -2.11. The fourth-order valence-electron chi connectivity index (χ4n) is 0.673. The van der Waals surface area contributed by atoms with E-state index in [4.69, 9.17) is 5.73 Å². The van der Waals surface area contributed by atoms with Gasteiger partial charge in [0.15, 0.2) is 6.73 Å². The maximum atomic E-state index is 10.9. The summed E-state index contributed by atoms with van der Waals surface area (Å²) in [4.78, 5) is 25.1. The number of nitrogens with zero attached hydrogens (tertiary/aromatic N) is 1. The van der Waals surface area contributed by atoms with Crippen molar-refractivity contribution in [3.05, 3.63) is 23.8 Å². The largest absolute Gasteiger partial charge is 0.509 e. The van der Waals surface area contributed by atoms with Crippen molar-refractivity contribution >= 4 is 18.3 Å². The van der Waals surface area contributed by atoms with Crippen molar-refractivity contribution in [2.24, 2.45) is 10.7 Å². The Kier molecular flexibility index (Phi) is 7.14. The van der Waals surface area contributed by atoms with Crippen LogP contribution >= 0.6 is 0 Å². The van der Waals surface area contributed by atoms with Gasteiger partial charge in [-0.1, -0.05) is 12.2 Å². The predicted molar refractivity (Wildman–Crippen MR) is 58.9 cm³/mol. The van der Waals surface area contributed by atoms with Crippen LogP contribution in [0.25, 0.3) is 0 Å². The molecule has 88 valence electrons. The molecule has 0 saturated heterocycles. The van der Waals surface area contributed by atoms with Crippen LogP contribution in [-0.4, -0.2) is 32.1 Å². The Morgan fingerprint density at radius 1 is 1.44 bits per heavy atom. The Bertz CT molecular complexity index is 332. The molecule has 0 unspecified atom stereocenters. The number of nitrogens with two attached hydrogens (primary N) is 1. The first-order valence-electron chi connectivity index (χ1n) is 4.45. The number of hydrogen-bond donors (Lipinski definition) is 1. The number of methoxy groups -OCH3 is 1. The lowest BCUT2D eigenvalue weighted by molar-refractivity contribution is -0.114. The number of hydrogen-bond acceptors (Lipinski definition) is 5. The van der Waals surface area contributed by atoms with Crippen molar-refractivity contribution in [1.82, 2.24) is 0 Å². The highest BCUT2D eigenvalue weighted by atomic mass is 16.7. The fraction of sp³-hybridized carbons (Fsp3) is 0.300. The average molecular weight is 226 g/mol. The Morgan fingerprint density at radius 2 is 2.12 bits per heavy atom. The minimum atomic E-state index is -0.838. The molecular weight excluding hydrogens is 212 g/mol. The van der Waals surface area contributed by atoms with Crippen molar-refractivity contribution in [1.29, 1.82) is 0 Å². The molecule has 0 aromatic rings. The van der Waals surface area contributed by atoms with Gasteiger partial charge in [-0.2, -0.15) is 0 Å². The van der Waals surface area contributed by atoms with E-state index in [9.17, 15) is 9.59 Å². The second-order valence-electron chi connectivity index (χ2n) is 2.55. The number of ether oxygens (including phenoxy) is 2. The number of primary amides is 1. The second-order valence-corrected chi connectivity index (χ2v) is 2.55. The van der Waals surface area contributed by atoms with Crippen LogP contribution in [0.5, 0.6) is 0 Å². The van der Waals surface area contributed by atoms with Crippen molar-refractivity contribution < 1.29 is 19.1 Å². The summed E-state index contributed by atoms with van der Waals surface area (Å²) in [5, 5.41) is 0. The van der Waals surface area contributed by atoms with E-state index in [1.54, 1.807) is 19.1 Å². The fourth-order valence-corrected chi connectivity index (χ4v) is 0.673. The maximum absolute atomic E-state index is 10.9. The third-order valence-electron chi connectivity index (χ3n) is 1.41. The van der Waals surface area contributed by atoms with Crippen LogP contribution in [0.1, 0.15) is 6.92 Å². The Labute approximate surface area is 93.4 Å². The highest BCUT2D eigenvalue weighted by Gasteiger charge is 2.00. The van der Waals surface area contributed by atoms with Crippen LogP contribution < -0.4 is 5.73 Å². The van der Waals surface area contributed by atoms with Gasteiger partial charge in [-0.25, -0.2) is 4.79 Å². The molecule has 0 atom stereocenters. The number of allylic oxidation sites excluding steroid dienone is 3. The molecule has 0 rings (SSSR count). The smallest absolute Gasteiger partial charge is 0.438 e. The van der Waals surface area contributed by atoms with Gasteiger partial charge in [0.1, 0.15) is 0 Å². The number of carbonyl (C=O) groups is 2. The van der Waals surface area contributed by atoms with Crippen molar-refractivity contribution in [2.45, 2.75) is 6.92 Å². The van der Waals surface area contributed by atoms with E-state index in [1.807, 2.05) is 0 Å². The molecular formula is C10H14N2O4. The third kappa shape index (κ3) is 6.36. The normalized spacial score (nSPS) is 12.0. The standard InChI is InChI=1S/C10H14N2O4/c1-3-4-5-8(9(11)13)6-12-7-16-10(14)15-2/h3-6H,7H2,1-2H3,(H2,11,13)/b4-3-,8-5+,12-6+. The van der Waals surface area contributed by atoms with E-state index in [-0.39, 0.29) is 12.3 Å². The van der Waals surface area contributed by atoms with Crippen LogP contribution in [0.2, 0.25) is 0 Å². The lowest BCUT2D eigenvalue weighted by Gasteiger charge is -1.98. The van der Waals surface area contributed by atoms with Crippen LogP contribution in [0, 0.1) is 0 Å². The van der Waals surface area contributed by atoms with Crippen molar-refractivity contribution in [3.8, 4) is 0 Å². The van der Waals surface area contributed by atoms with Gasteiger partial charge in [0, 0.05) is 6.21 Å². The molecule has 0 bridgehead atoms. The lowest BCUT2D eigenvalue weighted by Crippen LogP contribution is -2.15. The minimum absolute atomic E-state index is 0.214. The molecule has 2 N–H and O–H groups in total. The van der Waals surface area contributed by atoms with Gasteiger partial charge in [0.05, 0.1) is 12.7 Å². The highest BCUT2D eigenvalue weighted by molar-refractivity contribution is 6.11. The Balaban J connectivity index is 4.25. The Morgan fingerprint density at radius 3 is 2.62 bits per heavy atom. The molecule has 0 aliphatic rings. The van der Waals surface area contributed by atoms with E-state index >= 15 is 0 Å². The minimum Gasteiger partial charge on any atom is -0.438 e. The zero-order valence-electron chi connectivity index (χ0n) is 9.17. The zero-order valence-corrected chi connectivity index (χ0v) is 9.17. The summed E-state index contributed by atoms with van der Waals surface area (Å²) in [6.07, 6.45) is 5.28. The molecule has 1 amide bonds. The van der Waals surface area contributed by atoms with E-state index in [2.05, 4.69) is 14.5 Å². The van der Waals surface area contributed by atoms with E-state index < -0.39 is 12.1 Å². The zero-order chi connectivity index (χ0) is 12.4. The average Bonchev–Trinajstić information content (AvgIpc) is 2.27. The summed E-state index contributed by atoms with van der Waals surface area (Å²) >= 11 is 0. The van der Waals surface area contributed by atoms with Gasteiger partial charge in [-0.15, -0.1) is 0 Å². The molecule has 0 spiro atoms. The summed E-state index contributed by atoms with van der Waals surface area (Å²) in [5.74, 6) is -0.611. The van der Waals surface area contributed by atoms with Gasteiger partial charge < -0.3 is 15.2 Å². The van der Waals surface area contributed by atoms with Crippen molar-refractivity contribution in [2.75, 3.05) is 13.8 Å². The van der Waals surface area contributed by atoms with E-state index in [1.165, 1.54) is 19.4 Å². The molecule has 0 saturated carbocycles. The molecule has 0 aliphatic heterocycles. The molecule has 16 heavy (non-hydrogen) atoms. The van der Waals surface area contributed by atoms with Gasteiger partial charge in [0.2, 0.25) is 5.91 Å². The summed E-state index contributed by atoms with van der Waals surface area (Å²) in [7, 11) is 1.19. The van der Waals surface area contributed by atoms with Crippen LogP contribution in [0.15, 0.2) is 28.8 Å². The molecule has 6 heteroatoms. The van der Waals surface area contributed by atoms with Crippen LogP contribution in [-0.2, 0) is 14.3 Å². The molecule has 6 nitrogen and oxygen atoms in total. The predicted octanol–water partition coefficient (Wildman–Crippen LogP) is 0.785. The molecule has 0 aromatic heterocycles. The summed E-state index contributed by atoms with van der Waals surface area (Å²) in [6, 6.07) is 0. The number of amides is 1. The third-order valence-corrected chi connectivity index (χ3v) is 1.41. The lowest BCUT2D eigenvalue weighted by atomic mass is 10.2. The molecule has 0 heterocycles. The van der Waals surface area contributed by atoms with E-state index in [0.29, 0.717) is 0 Å². The topological polar surface area (TPSA) is 91.0 Å². The molecule has 0 aliphatic carbocycles. The van der Waals surface area contributed by atoms with Crippen LogP contribution in [0.3, 0.4) is 0 Å². The number of carbonyl (C=O) groups excluding carboxylic acids is 2. The second kappa shape index (κ2) is 8.22. The van der Waals surface area contributed by atoms with Gasteiger partial charge >= 0.3 is 6.16 Å². The molecule has 0 fully saturated rings. The molecule has 0 aromatic carbocycles. The summed E-state index contributed by atoms with van der Waals surface area (Å²) < 4.78 is 8.69. The number of aliphatic imine (C=N–C) groups is 1. The van der Waals surface area contributed by atoms with Gasteiger partial charge in [0.25, 0.3) is 0 Å². The summed E-state index contributed by atoms with van der Waals surface area (Å²) in [5.41, 5.74) is 5.30. The first-order valence-corrected chi connectivity index (χ1v) is 4.45. The summed E-state index contributed by atoms with van der Waals surface area (Å²) in [6.45, 7) is 1.57. The van der Waals surface area contributed by atoms with Crippen LogP contribution in [0.4, 0.5) is 4.79 Å². The first-order chi connectivity index (χ1) is 7.61. The highest BCUT2D eigenvalue weighted by Crippen LogP contribution is 1.91. The quantitative estimate of drug-likeness (QED) is 0.324.